The Kier molecular flexibility index (Phi) is 5.42. The van der Waals surface area contributed by atoms with Crippen LogP contribution in [-0.2, 0) is 0 Å². The van der Waals surface area contributed by atoms with Gasteiger partial charge in [-0.25, -0.2) is 9.97 Å². The standard InChI is InChI=1S/C21H20N4O4/c1-2-27-17-6-4-3-5-16(17)25-21-22-12-14(13-23-21)20(26)24-15-7-8-18-19(11-15)29-10-9-28-18/h3-8,11-13H,2,9-10H2,1H3,(H,24,26)(H,22,23,25). The number of hydrogen-bond acceptors (Lipinski definition) is 7. The van der Waals surface area contributed by atoms with E-state index in [4.69, 9.17) is 14.2 Å². The average Bonchev–Trinajstić information content (AvgIpc) is 2.76. The number of para-hydroxylation sites is 2. The number of carbonyl (C=O) groups excluding carboxylic acids is 1. The van der Waals surface area contributed by atoms with Crippen LogP contribution in [0.2, 0.25) is 0 Å². The first kappa shape index (κ1) is 18.5. The van der Waals surface area contributed by atoms with Crippen LogP contribution in [0, 0.1) is 0 Å². The molecule has 0 bridgehead atoms. The second-order valence-corrected chi connectivity index (χ2v) is 6.16. The molecular formula is C21H20N4O4. The van der Waals surface area contributed by atoms with Crippen LogP contribution in [0.3, 0.4) is 0 Å². The zero-order valence-corrected chi connectivity index (χ0v) is 15.8. The van der Waals surface area contributed by atoms with Gasteiger partial charge in [0.1, 0.15) is 19.0 Å². The van der Waals surface area contributed by atoms with E-state index in [0.717, 1.165) is 5.69 Å². The van der Waals surface area contributed by atoms with Gasteiger partial charge in [-0.1, -0.05) is 12.1 Å². The van der Waals surface area contributed by atoms with Crippen molar-refractivity contribution >= 4 is 23.2 Å². The molecule has 4 rings (SSSR count). The second-order valence-electron chi connectivity index (χ2n) is 6.16. The Balaban J connectivity index is 1.43. The number of nitrogens with one attached hydrogen (secondary N) is 2. The molecule has 1 aromatic heterocycles. The minimum atomic E-state index is -0.317. The van der Waals surface area contributed by atoms with Crippen molar-refractivity contribution in [1.29, 1.82) is 0 Å². The summed E-state index contributed by atoms with van der Waals surface area (Å²) in [4.78, 5) is 20.9. The molecule has 0 fully saturated rings. The first-order valence-electron chi connectivity index (χ1n) is 9.25. The van der Waals surface area contributed by atoms with E-state index in [9.17, 15) is 4.79 Å². The fourth-order valence-electron chi connectivity index (χ4n) is 2.81. The molecule has 0 spiro atoms. The van der Waals surface area contributed by atoms with Gasteiger partial charge in [0.15, 0.2) is 11.5 Å². The van der Waals surface area contributed by atoms with E-state index >= 15 is 0 Å². The lowest BCUT2D eigenvalue weighted by atomic mass is 10.2. The summed E-state index contributed by atoms with van der Waals surface area (Å²) in [7, 11) is 0. The summed E-state index contributed by atoms with van der Waals surface area (Å²) in [6.45, 7) is 3.48. The van der Waals surface area contributed by atoms with Gasteiger partial charge in [-0.2, -0.15) is 0 Å². The van der Waals surface area contributed by atoms with Crippen molar-refractivity contribution < 1.29 is 19.0 Å². The van der Waals surface area contributed by atoms with Crippen molar-refractivity contribution in [3.05, 3.63) is 60.4 Å². The van der Waals surface area contributed by atoms with E-state index in [2.05, 4.69) is 20.6 Å². The molecule has 0 saturated carbocycles. The van der Waals surface area contributed by atoms with Crippen molar-refractivity contribution in [3.8, 4) is 17.2 Å². The van der Waals surface area contributed by atoms with Gasteiger partial charge in [-0.3, -0.25) is 4.79 Å². The van der Waals surface area contributed by atoms with E-state index in [0.29, 0.717) is 54.3 Å². The first-order chi connectivity index (χ1) is 14.2. The van der Waals surface area contributed by atoms with Gasteiger partial charge in [0.2, 0.25) is 5.95 Å². The summed E-state index contributed by atoms with van der Waals surface area (Å²) in [5.41, 5.74) is 1.69. The number of carbonyl (C=O) groups is 1. The van der Waals surface area contributed by atoms with E-state index in [-0.39, 0.29) is 5.91 Å². The monoisotopic (exact) mass is 392 g/mol. The van der Waals surface area contributed by atoms with Gasteiger partial charge in [-0.05, 0) is 31.2 Å². The van der Waals surface area contributed by atoms with Crippen LogP contribution in [0.15, 0.2) is 54.9 Å². The molecule has 2 heterocycles. The molecule has 0 atom stereocenters. The lowest BCUT2D eigenvalue weighted by Gasteiger charge is -2.19. The predicted molar refractivity (Wildman–Crippen MR) is 108 cm³/mol. The molecule has 3 aromatic rings. The minimum Gasteiger partial charge on any atom is -0.492 e. The van der Waals surface area contributed by atoms with Gasteiger partial charge >= 0.3 is 0 Å². The number of benzene rings is 2. The first-order valence-corrected chi connectivity index (χ1v) is 9.25. The van der Waals surface area contributed by atoms with E-state index in [1.54, 1.807) is 18.2 Å². The summed E-state index contributed by atoms with van der Waals surface area (Å²) >= 11 is 0. The van der Waals surface area contributed by atoms with Crippen LogP contribution in [0.1, 0.15) is 17.3 Å². The third-order valence-electron chi connectivity index (χ3n) is 4.15. The zero-order chi connectivity index (χ0) is 20.1. The highest BCUT2D eigenvalue weighted by Crippen LogP contribution is 2.32. The van der Waals surface area contributed by atoms with Gasteiger partial charge < -0.3 is 24.8 Å². The third kappa shape index (κ3) is 4.37. The molecule has 1 aliphatic heterocycles. The zero-order valence-electron chi connectivity index (χ0n) is 15.8. The maximum absolute atomic E-state index is 12.5. The molecule has 0 aliphatic carbocycles. The number of aromatic nitrogens is 2. The van der Waals surface area contributed by atoms with Crippen LogP contribution in [0.4, 0.5) is 17.3 Å². The summed E-state index contributed by atoms with van der Waals surface area (Å²) in [5.74, 6) is 2.04. The van der Waals surface area contributed by atoms with Gasteiger partial charge in [0.05, 0.1) is 17.9 Å². The summed E-state index contributed by atoms with van der Waals surface area (Å²) in [6, 6.07) is 12.8. The third-order valence-corrected chi connectivity index (χ3v) is 4.15. The van der Waals surface area contributed by atoms with Crippen molar-refractivity contribution in [1.82, 2.24) is 9.97 Å². The molecule has 1 aliphatic rings. The molecule has 29 heavy (non-hydrogen) atoms. The quantitative estimate of drug-likeness (QED) is 0.661. The fraction of sp³-hybridized carbons (Fsp3) is 0.190. The molecule has 2 N–H and O–H groups in total. The van der Waals surface area contributed by atoms with E-state index < -0.39 is 0 Å². The number of amides is 1. The number of anilines is 3. The second kappa shape index (κ2) is 8.47. The van der Waals surface area contributed by atoms with Crippen LogP contribution < -0.4 is 24.8 Å². The smallest absolute Gasteiger partial charge is 0.258 e. The Morgan fingerprint density at radius 1 is 1.07 bits per heavy atom. The molecule has 1 amide bonds. The number of ether oxygens (including phenoxy) is 3. The molecule has 148 valence electrons. The van der Waals surface area contributed by atoms with Crippen LogP contribution in [0.5, 0.6) is 17.2 Å². The topological polar surface area (TPSA) is 94.6 Å². The van der Waals surface area contributed by atoms with Crippen LogP contribution in [-0.4, -0.2) is 35.7 Å². The Hall–Kier alpha value is -3.81. The van der Waals surface area contributed by atoms with Crippen molar-refractivity contribution in [3.63, 3.8) is 0 Å². The van der Waals surface area contributed by atoms with Gasteiger partial charge in [0, 0.05) is 24.1 Å². The number of rotatable bonds is 6. The molecule has 0 radical (unpaired) electrons. The largest absolute Gasteiger partial charge is 0.492 e. The predicted octanol–water partition coefficient (Wildman–Crippen LogP) is 3.64. The number of hydrogen-bond donors (Lipinski definition) is 2. The van der Waals surface area contributed by atoms with Gasteiger partial charge in [-0.15, -0.1) is 0 Å². The SMILES string of the molecule is CCOc1ccccc1Nc1ncc(C(=O)Nc2ccc3c(c2)OCCO3)cn1. The van der Waals surface area contributed by atoms with Crippen molar-refractivity contribution in [2.24, 2.45) is 0 Å². The van der Waals surface area contributed by atoms with Crippen molar-refractivity contribution in [2.75, 3.05) is 30.5 Å². The lowest BCUT2D eigenvalue weighted by molar-refractivity contribution is 0.102. The Bertz CT molecular complexity index is 1010. The highest BCUT2D eigenvalue weighted by Gasteiger charge is 2.14. The highest BCUT2D eigenvalue weighted by molar-refractivity contribution is 6.04. The molecule has 8 nitrogen and oxygen atoms in total. The molecule has 2 aromatic carbocycles. The fourth-order valence-corrected chi connectivity index (χ4v) is 2.81. The van der Waals surface area contributed by atoms with E-state index in [1.165, 1.54) is 12.4 Å². The van der Waals surface area contributed by atoms with Crippen molar-refractivity contribution in [2.45, 2.75) is 6.92 Å². The Morgan fingerprint density at radius 2 is 1.83 bits per heavy atom. The maximum Gasteiger partial charge on any atom is 0.258 e. The normalized spacial score (nSPS) is 12.2. The molecule has 8 heteroatoms. The Morgan fingerprint density at radius 3 is 2.62 bits per heavy atom. The molecular weight excluding hydrogens is 372 g/mol. The van der Waals surface area contributed by atoms with Gasteiger partial charge in [0.25, 0.3) is 5.91 Å². The minimum absolute atomic E-state index is 0.317. The maximum atomic E-state index is 12.5. The summed E-state index contributed by atoms with van der Waals surface area (Å²) in [6.07, 6.45) is 2.93. The number of fused-ring (bicyclic) bond motifs is 1. The van der Waals surface area contributed by atoms with Crippen LogP contribution in [0.25, 0.3) is 0 Å². The summed E-state index contributed by atoms with van der Waals surface area (Å²) in [5, 5.41) is 5.91. The molecule has 0 unspecified atom stereocenters. The number of nitrogens with zero attached hydrogens (tertiary/aromatic N) is 2. The molecule has 0 saturated heterocycles. The Labute approximate surface area is 167 Å². The van der Waals surface area contributed by atoms with E-state index in [1.807, 2.05) is 31.2 Å². The highest BCUT2D eigenvalue weighted by atomic mass is 16.6. The lowest BCUT2D eigenvalue weighted by Crippen LogP contribution is -2.16. The average molecular weight is 392 g/mol. The van der Waals surface area contributed by atoms with Crippen LogP contribution >= 0.6 is 0 Å². The summed E-state index contributed by atoms with van der Waals surface area (Å²) < 4.78 is 16.6.